The SMILES string of the molecule is CC1SCCN(C(CN)c2cccc(C(F)(F)F)c2)C1C. The maximum absolute atomic E-state index is 12.9. The van der Waals surface area contributed by atoms with Crippen LogP contribution in [0.15, 0.2) is 24.3 Å². The van der Waals surface area contributed by atoms with Crippen LogP contribution in [0.1, 0.15) is 31.0 Å². The molecule has 0 spiro atoms. The highest BCUT2D eigenvalue weighted by molar-refractivity contribution is 8.00. The Balaban J connectivity index is 2.29. The van der Waals surface area contributed by atoms with Crippen LogP contribution in [-0.4, -0.2) is 35.0 Å². The molecular weight excluding hydrogens is 297 g/mol. The summed E-state index contributed by atoms with van der Waals surface area (Å²) in [6.45, 7) is 5.45. The molecule has 1 saturated heterocycles. The summed E-state index contributed by atoms with van der Waals surface area (Å²) in [7, 11) is 0. The average Bonchev–Trinajstić information content (AvgIpc) is 2.44. The molecule has 1 heterocycles. The molecule has 3 unspecified atom stereocenters. The molecule has 1 aliphatic rings. The first-order valence-electron chi connectivity index (χ1n) is 7.09. The summed E-state index contributed by atoms with van der Waals surface area (Å²) in [6.07, 6.45) is -4.31. The third kappa shape index (κ3) is 3.73. The molecule has 6 heteroatoms. The van der Waals surface area contributed by atoms with Gasteiger partial charge in [0, 0.05) is 36.2 Å². The van der Waals surface area contributed by atoms with Crippen LogP contribution in [-0.2, 0) is 6.18 Å². The Hall–Kier alpha value is -0.720. The van der Waals surface area contributed by atoms with Crippen molar-refractivity contribution >= 4 is 11.8 Å². The summed E-state index contributed by atoms with van der Waals surface area (Å²) in [6, 6.07) is 5.68. The third-order valence-electron chi connectivity index (χ3n) is 4.16. The van der Waals surface area contributed by atoms with Gasteiger partial charge in [-0.15, -0.1) is 0 Å². The molecular formula is C15H21F3N2S. The summed E-state index contributed by atoms with van der Waals surface area (Å²) in [5, 5.41) is 0.457. The predicted octanol–water partition coefficient (Wildman–Crippen LogP) is 3.53. The van der Waals surface area contributed by atoms with E-state index in [1.54, 1.807) is 6.07 Å². The van der Waals surface area contributed by atoms with Crippen molar-refractivity contribution in [3.05, 3.63) is 35.4 Å². The van der Waals surface area contributed by atoms with Crippen LogP contribution >= 0.6 is 11.8 Å². The van der Waals surface area contributed by atoms with Crippen LogP contribution in [0.2, 0.25) is 0 Å². The molecule has 1 aromatic carbocycles. The minimum atomic E-state index is -4.31. The lowest BCUT2D eigenvalue weighted by molar-refractivity contribution is -0.137. The minimum Gasteiger partial charge on any atom is -0.329 e. The van der Waals surface area contributed by atoms with E-state index in [1.807, 2.05) is 11.8 Å². The van der Waals surface area contributed by atoms with E-state index in [0.29, 0.717) is 23.4 Å². The maximum atomic E-state index is 12.9. The highest BCUT2D eigenvalue weighted by Gasteiger charge is 2.34. The molecule has 2 nitrogen and oxygen atoms in total. The Morgan fingerprint density at radius 3 is 2.71 bits per heavy atom. The van der Waals surface area contributed by atoms with Gasteiger partial charge in [-0.3, -0.25) is 4.90 Å². The van der Waals surface area contributed by atoms with Gasteiger partial charge in [0.1, 0.15) is 0 Å². The molecule has 1 fully saturated rings. The highest BCUT2D eigenvalue weighted by atomic mass is 32.2. The molecule has 3 atom stereocenters. The van der Waals surface area contributed by atoms with Crippen molar-refractivity contribution in [3.8, 4) is 0 Å². The number of alkyl halides is 3. The Kier molecular flexibility index (Phi) is 5.22. The zero-order valence-electron chi connectivity index (χ0n) is 12.2. The van der Waals surface area contributed by atoms with Gasteiger partial charge < -0.3 is 5.73 Å². The molecule has 2 N–H and O–H groups in total. The Bertz CT molecular complexity index is 478. The molecule has 0 radical (unpaired) electrons. The fraction of sp³-hybridized carbons (Fsp3) is 0.600. The van der Waals surface area contributed by atoms with E-state index in [0.717, 1.165) is 18.4 Å². The first-order valence-corrected chi connectivity index (χ1v) is 8.14. The van der Waals surface area contributed by atoms with E-state index in [-0.39, 0.29) is 6.04 Å². The quantitative estimate of drug-likeness (QED) is 0.924. The first kappa shape index (κ1) is 16.6. The van der Waals surface area contributed by atoms with Crippen molar-refractivity contribution in [1.29, 1.82) is 0 Å². The smallest absolute Gasteiger partial charge is 0.329 e. The van der Waals surface area contributed by atoms with Crippen LogP contribution < -0.4 is 5.73 Å². The molecule has 1 aromatic rings. The van der Waals surface area contributed by atoms with Gasteiger partial charge >= 0.3 is 6.18 Å². The number of rotatable bonds is 3. The minimum absolute atomic E-state index is 0.161. The van der Waals surface area contributed by atoms with Crippen LogP contribution in [0.4, 0.5) is 13.2 Å². The highest BCUT2D eigenvalue weighted by Crippen LogP contribution is 2.34. The van der Waals surface area contributed by atoms with E-state index in [1.165, 1.54) is 12.1 Å². The number of nitrogens with zero attached hydrogens (tertiary/aromatic N) is 1. The monoisotopic (exact) mass is 318 g/mol. The molecule has 0 aliphatic carbocycles. The topological polar surface area (TPSA) is 29.3 Å². The maximum Gasteiger partial charge on any atom is 0.416 e. The third-order valence-corrected chi connectivity index (χ3v) is 5.49. The van der Waals surface area contributed by atoms with Crippen molar-refractivity contribution in [2.24, 2.45) is 5.73 Å². The molecule has 0 aromatic heterocycles. The van der Waals surface area contributed by atoms with E-state index in [2.05, 4.69) is 18.7 Å². The number of benzene rings is 1. The second kappa shape index (κ2) is 6.58. The summed E-state index contributed by atoms with van der Waals surface area (Å²) in [5.41, 5.74) is 5.92. The van der Waals surface area contributed by atoms with Gasteiger partial charge in [-0.1, -0.05) is 19.1 Å². The van der Waals surface area contributed by atoms with Crippen molar-refractivity contribution < 1.29 is 13.2 Å². The van der Waals surface area contributed by atoms with E-state index in [4.69, 9.17) is 5.73 Å². The Morgan fingerprint density at radius 1 is 1.38 bits per heavy atom. The van der Waals surface area contributed by atoms with Gasteiger partial charge in [-0.05, 0) is 24.6 Å². The molecule has 1 aliphatic heterocycles. The van der Waals surface area contributed by atoms with Gasteiger partial charge in [0.2, 0.25) is 0 Å². The number of thioether (sulfide) groups is 1. The molecule has 0 bridgehead atoms. The second-order valence-electron chi connectivity index (χ2n) is 5.43. The second-order valence-corrected chi connectivity index (χ2v) is 6.91. The molecule has 21 heavy (non-hydrogen) atoms. The van der Waals surface area contributed by atoms with Crippen molar-refractivity contribution in [1.82, 2.24) is 4.90 Å². The zero-order valence-corrected chi connectivity index (χ0v) is 13.0. The fourth-order valence-electron chi connectivity index (χ4n) is 2.78. The van der Waals surface area contributed by atoms with E-state index in [9.17, 15) is 13.2 Å². The predicted molar refractivity (Wildman–Crippen MR) is 81.3 cm³/mol. The van der Waals surface area contributed by atoms with E-state index >= 15 is 0 Å². The Morgan fingerprint density at radius 2 is 2.10 bits per heavy atom. The fourth-order valence-corrected chi connectivity index (χ4v) is 3.90. The molecule has 2 rings (SSSR count). The molecule has 0 saturated carbocycles. The molecule has 118 valence electrons. The van der Waals surface area contributed by atoms with Crippen molar-refractivity contribution in [3.63, 3.8) is 0 Å². The summed E-state index contributed by atoms with van der Waals surface area (Å²) in [4.78, 5) is 2.23. The summed E-state index contributed by atoms with van der Waals surface area (Å²) >= 11 is 1.90. The van der Waals surface area contributed by atoms with Gasteiger partial charge in [-0.25, -0.2) is 0 Å². The first-order chi connectivity index (χ1) is 9.84. The summed E-state index contributed by atoms with van der Waals surface area (Å²) < 4.78 is 38.6. The van der Waals surface area contributed by atoms with E-state index < -0.39 is 11.7 Å². The van der Waals surface area contributed by atoms with Crippen LogP contribution in [0.3, 0.4) is 0 Å². The summed E-state index contributed by atoms with van der Waals surface area (Å²) in [5.74, 6) is 0.987. The van der Waals surface area contributed by atoms with Crippen LogP contribution in [0.5, 0.6) is 0 Å². The van der Waals surface area contributed by atoms with Crippen molar-refractivity contribution in [2.75, 3.05) is 18.8 Å². The normalized spacial score (nSPS) is 25.8. The molecule has 0 amide bonds. The lowest BCUT2D eigenvalue weighted by Gasteiger charge is -2.42. The van der Waals surface area contributed by atoms with Gasteiger partial charge in [0.05, 0.1) is 5.56 Å². The lowest BCUT2D eigenvalue weighted by atomic mass is 10.00. The van der Waals surface area contributed by atoms with Crippen LogP contribution in [0.25, 0.3) is 0 Å². The number of hydrogen-bond donors (Lipinski definition) is 1. The van der Waals surface area contributed by atoms with Gasteiger partial charge in [0.15, 0.2) is 0 Å². The van der Waals surface area contributed by atoms with Crippen LogP contribution in [0, 0.1) is 0 Å². The Labute approximate surface area is 127 Å². The average molecular weight is 318 g/mol. The van der Waals surface area contributed by atoms with Gasteiger partial charge in [-0.2, -0.15) is 24.9 Å². The number of hydrogen-bond acceptors (Lipinski definition) is 3. The lowest BCUT2D eigenvalue weighted by Crippen LogP contribution is -2.48. The number of halogens is 3. The number of nitrogens with two attached hydrogens (primary N) is 1. The largest absolute Gasteiger partial charge is 0.416 e. The zero-order chi connectivity index (χ0) is 15.6. The standard InChI is InChI=1S/C15H21F3N2S/c1-10-11(2)21-7-6-20(10)14(9-19)12-4-3-5-13(8-12)15(16,17)18/h3-5,8,10-11,14H,6-7,9,19H2,1-2H3. The van der Waals surface area contributed by atoms with Crippen molar-refractivity contribution in [2.45, 2.75) is 37.4 Å². The van der Waals surface area contributed by atoms with Gasteiger partial charge in [0.25, 0.3) is 0 Å².